The van der Waals surface area contributed by atoms with Crippen LogP contribution in [0.3, 0.4) is 0 Å². The van der Waals surface area contributed by atoms with Crippen LogP contribution in [-0.2, 0) is 35.9 Å². The minimum atomic E-state index is -0.985. The molecule has 11 rings (SSSR count). The molecule has 0 spiro atoms. The van der Waals surface area contributed by atoms with Crippen molar-refractivity contribution in [2.75, 3.05) is 59.3 Å². The smallest absolute Gasteiger partial charge is 0.274 e. The number of carbonyl (C=O) groups is 5. The lowest BCUT2D eigenvalue weighted by atomic mass is 9.92. The van der Waals surface area contributed by atoms with Crippen molar-refractivity contribution >= 4 is 69.6 Å². The number of hydrogen-bond donors (Lipinski definition) is 2. The Bertz CT molecular complexity index is 2980. The van der Waals surface area contributed by atoms with Crippen molar-refractivity contribution in [3.63, 3.8) is 0 Å². The van der Waals surface area contributed by atoms with E-state index in [1.807, 2.05) is 48.5 Å². The fourth-order valence-corrected chi connectivity index (χ4v) is 12.8. The number of carbonyl (C=O) groups excluding carboxylic acids is 5. The second-order valence-electron chi connectivity index (χ2n) is 19.1. The van der Waals surface area contributed by atoms with Gasteiger partial charge in [-0.15, -0.1) is 11.3 Å². The Hall–Kier alpha value is -6.72. The second kappa shape index (κ2) is 17.4. The predicted octanol–water partition coefficient (Wildman–Crippen LogP) is 5.62. The second-order valence-corrected chi connectivity index (χ2v) is 20.2. The summed E-state index contributed by atoms with van der Waals surface area (Å²) in [5.41, 5.74) is 7.98. The number of fused-ring (bicyclic) bond motifs is 4. The highest BCUT2D eigenvalue weighted by atomic mass is 32.1. The minimum absolute atomic E-state index is 0.0306. The number of pyridine rings is 3. The van der Waals surface area contributed by atoms with Gasteiger partial charge in [0.2, 0.25) is 11.8 Å². The highest BCUT2D eigenvalue weighted by Gasteiger charge is 2.45. The maximum absolute atomic E-state index is 14.0. The third-order valence-corrected chi connectivity index (χ3v) is 16.3. The van der Waals surface area contributed by atoms with Gasteiger partial charge in [-0.25, -0.2) is 9.97 Å². The number of imide groups is 2. The lowest BCUT2D eigenvalue weighted by molar-refractivity contribution is -0.136. The first-order valence-electron chi connectivity index (χ1n) is 23.9. The number of piperazine rings is 1. The molecule has 4 aromatic heterocycles. The van der Waals surface area contributed by atoms with Crippen molar-refractivity contribution in [2.24, 2.45) is 7.05 Å². The van der Waals surface area contributed by atoms with E-state index >= 15 is 0 Å². The van der Waals surface area contributed by atoms with Gasteiger partial charge >= 0.3 is 0 Å². The lowest BCUT2D eigenvalue weighted by Gasteiger charge is -2.46. The molecule has 5 aliphatic heterocycles. The van der Waals surface area contributed by atoms with Crippen molar-refractivity contribution in [3.8, 4) is 11.1 Å². The number of nitrogens with one attached hydrogen (secondary N) is 2. The fraction of sp³-hybridized carbons (Fsp3) is 0.412. The van der Waals surface area contributed by atoms with Gasteiger partial charge in [0.15, 0.2) is 0 Å². The Labute approximate surface area is 397 Å². The first-order chi connectivity index (χ1) is 32.9. The van der Waals surface area contributed by atoms with Gasteiger partial charge in [-0.05, 0) is 130 Å². The van der Waals surface area contributed by atoms with E-state index in [9.17, 15) is 28.8 Å². The van der Waals surface area contributed by atoms with Gasteiger partial charge in [-0.2, -0.15) is 0 Å². The number of nitrogens with zero attached hydrogens (tertiary/aromatic N) is 8. The van der Waals surface area contributed by atoms with Gasteiger partial charge in [0.05, 0.1) is 27.9 Å². The summed E-state index contributed by atoms with van der Waals surface area (Å²) < 4.78 is 1.57. The number of thiophene rings is 1. The highest BCUT2D eigenvalue weighted by molar-refractivity contribution is 7.14. The van der Waals surface area contributed by atoms with Gasteiger partial charge < -0.3 is 19.7 Å². The Kier molecular flexibility index (Phi) is 11.2. The molecule has 3 fully saturated rings. The maximum Gasteiger partial charge on any atom is 0.274 e. The van der Waals surface area contributed by atoms with Crippen LogP contribution in [0.15, 0.2) is 65.8 Å². The number of aryl methyl sites for hydroxylation is 2. The molecular weight excluding hydrogens is 881 g/mol. The van der Waals surface area contributed by atoms with Crippen LogP contribution in [0.1, 0.15) is 97.4 Å². The molecule has 350 valence electrons. The van der Waals surface area contributed by atoms with Crippen LogP contribution in [0, 0.1) is 6.92 Å². The van der Waals surface area contributed by atoms with Crippen LogP contribution >= 0.6 is 11.3 Å². The normalized spacial score (nSPS) is 21.2. The number of aromatic nitrogens is 3. The van der Waals surface area contributed by atoms with Crippen molar-refractivity contribution in [1.29, 1.82) is 0 Å². The lowest BCUT2D eigenvalue weighted by Crippen LogP contribution is -2.57. The van der Waals surface area contributed by atoms with Crippen LogP contribution in [-0.4, -0.2) is 111 Å². The Morgan fingerprint density at radius 3 is 2.34 bits per heavy atom. The van der Waals surface area contributed by atoms with E-state index in [1.54, 1.807) is 41.3 Å². The first kappa shape index (κ1) is 43.8. The zero-order valence-corrected chi connectivity index (χ0v) is 39.4. The summed E-state index contributed by atoms with van der Waals surface area (Å²) in [6, 6.07) is 12.8. The summed E-state index contributed by atoms with van der Waals surface area (Å²) in [4.78, 5) is 100. The SMILES string of the molecule is Cc1c(-c2cc(Nc3ccc(N4CCN(C5CCN(c6ccc7c(c6)C(=O)N(C6CCC(=O)NC6=O)C7=O)CC5)C[C@@H]4C)cn3)c(=O)n(C)c2)ccnc1N1CCc2c(sc3c2CCCC3)C1=O. The zero-order chi connectivity index (χ0) is 47.0. The summed E-state index contributed by atoms with van der Waals surface area (Å²) in [7, 11) is 1.74. The minimum Gasteiger partial charge on any atom is -0.371 e. The predicted molar refractivity (Wildman–Crippen MR) is 260 cm³/mol. The average molecular weight is 935 g/mol. The van der Waals surface area contributed by atoms with Crippen molar-refractivity contribution in [1.82, 2.24) is 29.7 Å². The maximum atomic E-state index is 14.0. The van der Waals surface area contributed by atoms with Crippen molar-refractivity contribution in [2.45, 2.75) is 89.8 Å². The Morgan fingerprint density at radius 1 is 0.765 bits per heavy atom. The van der Waals surface area contributed by atoms with Crippen LogP contribution in [0.4, 0.5) is 28.7 Å². The number of hydrogen-bond acceptors (Lipinski definition) is 13. The molecule has 5 amide bonds. The summed E-state index contributed by atoms with van der Waals surface area (Å²) in [5.74, 6) is -0.749. The average Bonchev–Trinajstić information content (AvgIpc) is 3.85. The molecule has 68 heavy (non-hydrogen) atoms. The van der Waals surface area contributed by atoms with Crippen LogP contribution in [0.5, 0.6) is 0 Å². The third kappa shape index (κ3) is 7.65. The van der Waals surface area contributed by atoms with Gasteiger partial charge in [-0.3, -0.25) is 48.8 Å². The quantitative estimate of drug-likeness (QED) is 0.184. The molecule has 1 aliphatic carbocycles. The summed E-state index contributed by atoms with van der Waals surface area (Å²) in [6.07, 6.45) is 12.9. The molecule has 1 aromatic carbocycles. The topological polar surface area (TPSA) is 173 Å². The zero-order valence-electron chi connectivity index (χ0n) is 38.5. The van der Waals surface area contributed by atoms with Crippen LogP contribution in [0.2, 0.25) is 0 Å². The van der Waals surface area contributed by atoms with Crippen LogP contribution < -0.4 is 30.9 Å². The first-order valence-corrected chi connectivity index (χ1v) is 24.7. The molecule has 6 aliphatic rings. The molecule has 17 heteroatoms. The van der Waals surface area contributed by atoms with Crippen molar-refractivity contribution in [3.05, 3.63) is 109 Å². The molecule has 0 saturated carbocycles. The number of anilines is 5. The summed E-state index contributed by atoms with van der Waals surface area (Å²) >= 11 is 1.67. The van der Waals surface area contributed by atoms with Gasteiger partial charge in [0.1, 0.15) is 23.4 Å². The van der Waals surface area contributed by atoms with Gasteiger partial charge in [0.25, 0.3) is 23.3 Å². The number of amides is 5. The number of rotatable bonds is 8. The Balaban J connectivity index is 0.712. The largest absolute Gasteiger partial charge is 0.371 e. The van der Waals surface area contributed by atoms with E-state index in [0.717, 1.165) is 103 Å². The molecule has 1 unspecified atom stereocenters. The van der Waals surface area contributed by atoms with E-state index in [0.29, 0.717) is 35.5 Å². The molecule has 16 nitrogen and oxygen atoms in total. The highest BCUT2D eigenvalue weighted by Crippen LogP contribution is 2.40. The molecule has 3 saturated heterocycles. The van der Waals surface area contributed by atoms with E-state index < -0.39 is 29.7 Å². The molecular formula is C51H54N10O6S. The van der Waals surface area contributed by atoms with E-state index in [4.69, 9.17) is 9.97 Å². The standard InChI is InChI=1S/C51H54N10O6S/c1-29-27-58(32-15-19-57(20-16-32)33-8-10-38-39(25-33)49(65)61(48(38)64)41-11-13-44(62)55-47(41)63)22-23-59(29)34-9-12-43(53-26-34)54-40-24-31(28-56(3)50(40)66)35-14-18-52-46(30(35)2)60-21-17-37-36-6-4-5-7-42(36)68-45(37)51(60)67/h8-10,12,14,18,24-26,28-29,32,41H,4-7,11,13,15-17,19-23,27H2,1-3H3,(H,53,54)(H,55,62,63)/t29-,41?/m0/s1. The number of piperidine rings is 2. The molecule has 9 heterocycles. The molecule has 0 radical (unpaired) electrons. The number of benzene rings is 1. The van der Waals surface area contributed by atoms with E-state index in [-0.39, 0.29) is 35.9 Å². The molecule has 5 aromatic rings. The molecule has 2 N–H and O–H groups in total. The van der Waals surface area contributed by atoms with Crippen molar-refractivity contribution < 1.29 is 24.0 Å². The van der Waals surface area contributed by atoms with Gasteiger partial charge in [-0.1, -0.05) is 0 Å². The van der Waals surface area contributed by atoms with Crippen LogP contribution in [0.25, 0.3) is 11.1 Å². The van der Waals surface area contributed by atoms with E-state index in [2.05, 4.69) is 38.3 Å². The van der Waals surface area contributed by atoms with Gasteiger partial charge in [0, 0.05) is 93.3 Å². The summed E-state index contributed by atoms with van der Waals surface area (Å²) in [5, 5.41) is 5.54. The molecule has 2 atom stereocenters. The fourth-order valence-electron chi connectivity index (χ4n) is 11.4. The monoisotopic (exact) mass is 934 g/mol. The van der Waals surface area contributed by atoms with E-state index in [1.165, 1.54) is 28.8 Å². The Morgan fingerprint density at radius 2 is 1.56 bits per heavy atom. The summed E-state index contributed by atoms with van der Waals surface area (Å²) in [6.45, 7) is 9.09. The third-order valence-electron chi connectivity index (χ3n) is 15.0. The molecule has 0 bridgehead atoms.